The van der Waals surface area contributed by atoms with E-state index in [1.807, 2.05) is 25.9 Å². The van der Waals surface area contributed by atoms with Crippen molar-refractivity contribution in [2.24, 2.45) is 0 Å². The summed E-state index contributed by atoms with van der Waals surface area (Å²) in [5, 5.41) is 4.17. The van der Waals surface area contributed by atoms with Crippen molar-refractivity contribution in [3.8, 4) is 17.2 Å². The Morgan fingerprint density at radius 1 is 1.03 bits per heavy atom. The first kappa shape index (κ1) is 22.9. The number of carbonyl (C=O) groups excluding carboxylic acids is 1. The van der Waals surface area contributed by atoms with Crippen molar-refractivity contribution in [1.29, 1.82) is 0 Å². The molecular weight excluding hydrogens is 461 g/mol. The SMILES string of the molecule is CC(C(=O)Nc1ccc(-c2nc3ccc(Cl)cc3c(=O)n2-c2ccc(Cl)cn2)cc1)N(C)C. The monoisotopic (exact) mass is 481 g/mol. The van der Waals surface area contributed by atoms with Gasteiger partial charge in [0.1, 0.15) is 11.6 Å². The number of aromatic nitrogens is 3. The minimum atomic E-state index is -0.301. The number of likely N-dealkylation sites (N-methyl/N-ethyl adjacent to an activating group) is 1. The topological polar surface area (TPSA) is 80.1 Å². The smallest absolute Gasteiger partial charge is 0.267 e. The molecule has 0 aliphatic carbocycles. The highest BCUT2D eigenvalue weighted by molar-refractivity contribution is 6.31. The van der Waals surface area contributed by atoms with Gasteiger partial charge in [-0.15, -0.1) is 0 Å². The molecule has 168 valence electrons. The van der Waals surface area contributed by atoms with E-state index in [1.165, 1.54) is 10.8 Å². The number of nitrogens with zero attached hydrogens (tertiary/aromatic N) is 4. The maximum atomic E-state index is 13.4. The second kappa shape index (κ2) is 9.31. The number of nitrogens with one attached hydrogen (secondary N) is 1. The Morgan fingerprint density at radius 3 is 2.36 bits per heavy atom. The fourth-order valence-electron chi connectivity index (χ4n) is 3.25. The highest BCUT2D eigenvalue weighted by atomic mass is 35.5. The van der Waals surface area contributed by atoms with Crippen molar-refractivity contribution in [3.63, 3.8) is 0 Å². The largest absolute Gasteiger partial charge is 0.325 e. The van der Waals surface area contributed by atoms with Crippen LogP contribution >= 0.6 is 23.2 Å². The van der Waals surface area contributed by atoms with Crippen LogP contribution in [-0.2, 0) is 4.79 Å². The normalized spacial score (nSPS) is 12.2. The summed E-state index contributed by atoms with van der Waals surface area (Å²) in [6, 6.07) is 15.2. The van der Waals surface area contributed by atoms with Crippen LogP contribution in [0.5, 0.6) is 0 Å². The number of rotatable bonds is 5. The lowest BCUT2D eigenvalue weighted by atomic mass is 10.1. The molecule has 4 aromatic rings. The summed E-state index contributed by atoms with van der Waals surface area (Å²) in [4.78, 5) is 36.7. The van der Waals surface area contributed by atoms with E-state index >= 15 is 0 Å². The Morgan fingerprint density at radius 2 is 1.73 bits per heavy atom. The number of hydrogen-bond acceptors (Lipinski definition) is 5. The molecule has 0 bridgehead atoms. The van der Waals surface area contributed by atoms with Gasteiger partial charge in [-0.1, -0.05) is 23.2 Å². The van der Waals surface area contributed by atoms with Crippen LogP contribution in [0.25, 0.3) is 28.1 Å². The molecule has 0 aliphatic rings. The first-order valence-electron chi connectivity index (χ1n) is 10.2. The molecule has 1 amide bonds. The minimum Gasteiger partial charge on any atom is -0.325 e. The fourth-order valence-corrected chi connectivity index (χ4v) is 3.53. The molecule has 7 nitrogen and oxygen atoms in total. The van der Waals surface area contributed by atoms with Crippen molar-refractivity contribution >= 4 is 45.7 Å². The number of halogens is 2. The third-order valence-electron chi connectivity index (χ3n) is 5.34. The van der Waals surface area contributed by atoms with Crippen LogP contribution in [0, 0.1) is 0 Å². The molecule has 2 heterocycles. The lowest BCUT2D eigenvalue weighted by molar-refractivity contribution is -0.119. The Bertz CT molecular complexity index is 1380. The number of fused-ring (bicyclic) bond motifs is 1. The second-order valence-corrected chi connectivity index (χ2v) is 8.65. The molecule has 33 heavy (non-hydrogen) atoms. The number of amides is 1. The maximum Gasteiger partial charge on any atom is 0.267 e. The Hall–Kier alpha value is -3.26. The zero-order chi connectivity index (χ0) is 23.7. The molecule has 4 rings (SSSR count). The van der Waals surface area contributed by atoms with E-state index in [9.17, 15) is 9.59 Å². The quantitative estimate of drug-likeness (QED) is 0.448. The van der Waals surface area contributed by atoms with E-state index < -0.39 is 0 Å². The summed E-state index contributed by atoms with van der Waals surface area (Å²) >= 11 is 12.1. The predicted octanol–water partition coefficient (Wildman–Crippen LogP) is 4.64. The standard InChI is InChI=1S/C24H21Cl2N5O2/c1-14(30(2)3)23(32)28-18-8-4-15(5-9-18)22-29-20-10-6-16(25)12-19(20)24(33)31(22)21-11-7-17(26)13-27-21/h4-14H,1-3H3,(H,28,32). The van der Waals surface area contributed by atoms with Crippen LogP contribution in [0.4, 0.5) is 5.69 Å². The van der Waals surface area contributed by atoms with Crippen molar-refractivity contribution in [1.82, 2.24) is 19.4 Å². The average Bonchev–Trinajstić information content (AvgIpc) is 2.80. The number of pyridine rings is 1. The third kappa shape index (κ3) is 4.75. The lowest BCUT2D eigenvalue weighted by Gasteiger charge is -2.19. The van der Waals surface area contributed by atoms with Crippen LogP contribution < -0.4 is 10.9 Å². The van der Waals surface area contributed by atoms with Crippen LogP contribution in [0.3, 0.4) is 0 Å². The van der Waals surface area contributed by atoms with Gasteiger partial charge in [-0.2, -0.15) is 0 Å². The van der Waals surface area contributed by atoms with Gasteiger partial charge >= 0.3 is 0 Å². The molecule has 0 saturated carbocycles. The molecule has 2 aromatic carbocycles. The summed E-state index contributed by atoms with van der Waals surface area (Å²) in [5.74, 6) is 0.672. The second-order valence-electron chi connectivity index (χ2n) is 7.78. The van der Waals surface area contributed by atoms with Gasteiger partial charge in [0.15, 0.2) is 0 Å². The Kier molecular flexibility index (Phi) is 6.47. The molecule has 2 aromatic heterocycles. The summed E-state index contributed by atoms with van der Waals surface area (Å²) in [5.41, 5.74) is 1.54. The van der Waals surface area contributed by atoms with Gasteiger partial charge in [-0.25, -0.2) is 14.5 Å². The van der Waals surface area contributed by atoms with Gasteiger partial charge in [-0.3, -0.25) is 14.5 Å². The summed E-state index contributed by atoms with van der Waals surface area (Å²) in [6.45, 7) is 1.83. The van der Waals surface area contributed by atoms with E-state index in [2.05, 4.69) is 10.3 Å². The first-order chi connectivity index (χ1) is 15.7. The maximum absolute atomic E-state index is 13.4. The Balaban J connectivity index is 1.82. The van der Waals surface area contributed by atoms with Crippen LogP contribution in [-0.4, -0.2) is 45.5 Å². The summed E-state index contributed by atoms with van der Waals surface area (Å²) in [7, 11) is 3.69. The van der Waals surface area contributed by atoms with Crippen LogP contribution in [0.1, 0.15) is 6.92 Å². The minimum absolute atomic E-state index is 0.115. The van der Waals surface area contributed by atoms with Gasteiger partial charge in [0.25, 0.3) is 5.56 Å². The van der Waals surface area contributed by atoms with Crippen molar-refractivity contribution < 1.29 is 4.79 Å². The predicted molar refractivity (Wildman–Crippen MR) is 132 cm³/mol. The van der Waals surface area contributed by atoms with Gasteiger partial charge in [0, 0.05) is 22.5 Å². The molecule has 0 fully saturated rings. The molecule has 1 unspecified atom stereocenters. The van der Waals surface area contributed by atoms with E-state index in [1.54, 1.807) is 54.6 Å². The Labute approximate surface area is 200 Å². The molecule has 0 radical (unpaired) electrons. The molecule has 1 atom stereocenters. The summed E-state index contributed by atoms with van der Waals surface area (Å²) in [6.07, 6.45) is 1.47. The van der Waals surface area contributed by atoms with Crippen molar-refractivity contribution in [3.05, 3.63) is 81.2 Å². The molecule has 0 aliphatic heterocycles. The number of benzene rings is 2. The highest BCUT2D eigenvalue weighted by Crippen LogP contribution is 2.25. The van der Waals surface area contributed by atoms with E-state index in [4.69, 9.17) is 28.2 Å². The lowest BCUT2D eigenvalue weighted by Crippen LogP contribution is -2.37. The van der Waals surface area contributed by atoms with Gasteiger partial charge in [0.2, 0.25) is 5.91 Å². The van der Waals surface area contributed by atoms with Gasteiger partial charge in [-0.05, 0) is 75.6 Å². The fraction of sp³-hybridized carbons (Fsp3) is 0.167. The molecule has 1 N–H and O–H groups in total. The molecular formula is C24H21Cl2N5O2. The highest BCUT2D eigenvalue weighted by Gasteiger charge is 2.17. The molecule has 0 spiro atoms. The van der Waals surface area contributed by atoms with Gasteiger partial charge in [0.05, 0.1) is 22.0 Å². The van der Waals surface area contributed by atoms with Crippen LogP contribution in [0.15, 0.2) is 65.6 Å². The zero-order valence-corrected chi connectivity index (χ0v) is 19.7. The average molecular weight is 482 g/mol. The van der Waals surface area contributed by atoms with Crippen molar-refractivity contribution in [2.45, 2.75) is 13.0 Å². The number of carbonyl (C=O) groups is 1. The zero-order valence-electron chi connectivity index (χ0n) is 18.2. The number of anilines is 1. The van der Waals surface area contributed by atoms with Gasteiger partial charge < -0.3 is 5.32 Å². The first-order valence-corrected chi connectivity index (χ1v) is 10.9. The third-order valence-corrected chi connectivity index (χ3v) is 5.79. The summed E-state index contributed by atoms with van der Waals surface area (Å²) < 4.78 is 1.43. The molecule has 9 heteroatoms. The van der Waals surface area contributed by atoms with Crippen LogP contribution in [0.2, 0.25) is 10.0 Å². The van der Waals surface area contributed by atoms with E-state index in [0.717, 1.165) is 0 Å². The number of hydrogen-bond donors (Lipinski definition) is 1. The van der Waals surface area contributed by atoms with E-state index in [-0.39, 0.29) is 17.5 Å². The van der Waals surface area contributed by atoms with Crippen molar-refractivity contribution in [2.75, 3.05) is 19.4 Å². The molecule has 0 saturated heterocycles. The van der Waals surface area contributed by atoms with E-state index in [0.29, 0.717) is 43.8 Å².